The van der Waals surface area contributed by atoms with E-state index in [1.54, 1.807) is 26.8 Å². The second-order valence-electron chi connectivity index (χ2n) is 7.54. The lowest BCUT2D eigenvalue weighted by Crippen LogP contribution is -2.41. The summed E-state index contributed by atoms with van der Waals surface area (Å²) in [4.78, 5) is 25.3. The maximum atomic E-state index is 12.1. The molecule has 1 aromatic carbocycles. The van der Waals surface area contributed by atoms with Crippen LogP contribution in [0.25, 0.3) is 0 Å². The average Bonchev–Trinajstić information content (AvgIpc) is 2.59. The van der Waals surface area contributed by atoms with Crippen LogP contribution in [0, 0.1) is 0 Å². The van der Waals surface area contributed by atoms with Crippen molar-refractivity contribution in [2.75, 3.05) is 37.6 Å². The molecule has 0 spiro atoms. The van der Waals surface area contributed by atoms with Crippen LogP contribution in [0.2, 0.25) is 0 Å². The Bertz CT molecular complexity index is 671. The molecule has 9 heteroatoms. The molecule has 1 amide bonds. The number of aliphatic hydroxyl groups excluding tert-OH is 1. The minimum atomic E-state index is -1.04. The van der Waals surface area contributed by atoms with E-state index in [0.29, 0.717) is 24.7 Å². The summed E-state index contributed by atoms with van der Waals surface area (Å²) in [7, 11) is 1.52. The number of nitrogens with zero attached hydrogens (tertiary/aromatic N) is 1. The molecule has 1 rings (SSSR count). The monoisotopic (exact) mass is 430 g/mol. The van der Waals surface area contributed by atoms with Gasteiger partial charge in [0.1, 0.15) is 11.4 Å². The number of carboxylic acid groups (broad SMARTS) is 1. The number of rotatable bonds is 11. The first kappa shape index (κ1) is 24.8. The Morgan fingerprint density at radius 3 is 2.48 bits per heavy atom. The van der Waals surface area contributed by atoms with E-state index in [-0.39, 0.29) is 19.4 Å². The molecule has 0 aliphatic rings. The van der Waals surface area contributed by atoms with Gasteiger partial charge >= 0.3 is 12.1 Å². The number of aliphatic carboxylic acids is 1. The first-order valence-corrected chi connectivity index (χ1v) is 9.93. The van der Waals surface area contributed by atoms with Gasteiger partial charge in [0.2, 0.25) is 0 Å². The Labute approximate surface area is 176 Å². The van der Waals surface area contributed by atoms with Crippen molar-refractivity contribution in [1.82, 2.24) is 5.32 Å². The molecule has 29 heavy (non-hydrogen) atoms. The van der Waals surface area contributed by atoms with E-state index in [4.69, 9.17) is 21.1 Å². The van der Waals surface area contributed by atoms with Gasteiger partial charge in [0, 0.05) is 30.7 Å². The first-order chi connectivity index (χ1) is 13.6. The van der Waals surface area contributed by atoms with Crippen molar-refractivity contribution >= 4 is 29.4 Å². The van der Waals surface area contributed by atoms with Crippen LogP contribution >= 0.6 is 11.6 Å². The number of alkyl carbamates (subject to hydrolysis) is 1. The molecular formula is C20H31ClN2O6. The van der Waals surface area contributed by atoms with Crippen LogP contribution in [0.1, 0.15) is 32.8 Å². The van der Waals surface area contributed by atoms with Crippen LogP contribution < -0.4 is 15.0 Å². The van der Waals surface area contributed by atoms with Gasteiger partial charge in [-0.25, -0.2) is 4.79 Å². The van der Waals surface area contributed by atoms with E-state index in [1.165, 1.54) is 7.11 Å². The molecule has 0 radical (unpaired) electrons. The number of nitrogens with one attached hydrogen (secondary N) is 1. The van der Waals surface area contributed by atoms with Gasteiger partial charge in [0.05, 0.1) is 20.1 Å². The summed E-state index contributed by atoms with van der Waals surface area (Å²) < 4.78 is 10.7. The van der Waals surface area contributed by atoms with Crippen molar-refractivity contribution in [3.8, 4) is 5.75 Å². The average molecular weight is 431 g/mol. The summed E-state index contributed by atoms with van der Waals surface area (Å²) in [6.07, 6.45) is -0.715. The second kappa shape index (κ2) is 11.7. The number of carbonyl (C=O) groups is 2. The van der Waals surface area contributed by atoms with Crippen LogP contribution in [-0.4, -0.2) is 66.6 Å². The fourth-order valence-electron chi connectivity index (χ4n) is 2.84. The predicted molar refractivity (Wildman–Crippen MR) is 112 cm³/mol. The predicted octanol–water partition coefficient (Wildman–Crippen LogP) is 2.64. The largest absolute Gasteiger partial charge is 0.496 e. The molecule has 3 N–H and O–H groups in total. The molecule has 0 heterocycles. The first-order valence-electron chi connectivity index (χ1n) is 9.39. The van der Waals surface area contributed by atoms with Crippen LogP contribution in [0.5, 0.6) is 5.75 Å². The van der Waals surface area contributed by atoms with E-state index >= 15 is 0 Å². The highest BCUT2D eigenvalue weighted by Gasteiger charge is 2.23. The normalized spacial score (nSPS) is 12.2. The van der Waals surface area contributed by atoms with Crippen molar-refractivity contribution < 1.29 is 29.3 Å². The molecule has 1 aromatic rings. The number of carbonyl (C=O) groups excluding carboxylic acids is 1. The Balaban J connectivity index is 3.10. The zero-order valence-corrected chi connectivity index (χ0v) is 18.2. The lowest BCUT2D eigenvalue weighted by atomic mass is 10.0. The summed E-state index contributed by atoms with van der Waals surface area (Å²) in [6.45, 7) is 6.13. The summed E-state index contributed by atoms with van der Waals surface area (Å²) in [5, 5.41) is 21.2. The Morgan fingerprint density at radius 2 is 1.97 bits per heavy atom. The molecule has 0 aromatic heterocycles. The third-order valence-corrected chi connectivity index (χ3v) is 4.13. The Hall–Kier alpha value is -2.19. The van der Waals surface area contributed by atoms with Gasteiger partial charge in [-0.05, 0) is 51.0 Å². The zero-order chi connectivity index (χ0) is 22.0. The number of halogens is 1. The van der Waals surface area contributed by atoms with E-state index in [9.17, 15) is 19.8 Å². The lowest BCUT2D eigenvalue weighted by Gasteiger charge is -2.26. The van der Waals surface area contributed by atoms with Crippen LogP contribution in [0.3, 0.4) is 0 Å². The molecule has 0 bridgehead atoms. The van der Waals surface area contributed by atoms with Gasteiger partial charge in [0.15, 0.2) is 0 Å². The molecule has 1 unspecified atom stereocenters. The standard InChI is InChI=1S/C20H31ClN2O6/c1-20(2,3)29-19(27)22-15(13-18(25)26)11-14-12-16(5-6-17(14)28-4)23(8-7-21)9-10-24/h5-6,12,15,24H,7-11,13H2,1-4H3,(H,22,27)(H,25,26). The van der Waals surface area contributed by atoms with E-state index in [1.807, 2.05) is 17.0 Å². The molecule has 1 atom stereocenters. The van der Waals surface area contributed by atoms with Gasteiger partial charge in [-0.3, -0.25) is 4.79 Å². The smallest absolute Gasteiger partial charge is 0.407 e. The van der Waals surface area contributed by atoms with Crippen molar-refractivity contribution in [2.24, 2.45) is 0 Å². The molecule has 0 aliphatic carbocycles. The van der Waals surface area contributed by atoms with E-state index in [2.05, 4.69) is 5.32 Å². The number of hydrogen-bond donors (Lipinski definition) is 3. The summed E-state index contributed by atoms with van der Waals surface area (Å²) in [5.74, 6) is -0.0707. The highest BCUT2D eigenvalue weighted by atomic mass is 35.5. The highest BCUT2D eigenvalue weighted by Crippen LogP contribution is 2.27. The number of benzene rings is 1. The number of amides is 1. The molecule has 0 aliphatic heterocycles. The number of hydrogen-bond acceptors (Lipinski definition) is 6. The number of anilines is 1. The fourth-order valence-corrected chi connectivity index (χ4v) is 3.04. The zero-order valence-electron chi connectivity index (χ0n) is 17.4. The summed E-state index contributed by atoms with van der Waals surface area (Å²) in [5.41, 5.74) is 0.855. The third-order valence-electron chi connectivity index (χ3n) is 3.96. The van der Waals surface area contributed by atoms with Gasteiger partial charge in [-0.15, -0.1) is 11.6 Å². The highest BCUT2D eigenvalue weighted by molar-refractivity contribution is 6.18. The van der Waals surface area contributed by atoms with Crippen LogP contribution in [0.15, 0.2) is 18.2 Å². The maximum absolute atomic E-state index is 12.1. The molecule has 0 saturated heterocycles. The minimum absolute atomic E-state index is 0.0277. The summed E-state index contributed by atoms with van der Waals surface area (Å²) >= 11 is 5.86. The molecular weight excluding hydrogens is 400 g/mol. The topological polar surface area (TPSA) is 108 Å². The van der Waals surface area contributed by atoms with Crippen molar-refractivity contribution in [2.45, 2.75) is 45.3 Å². The third kappa shape index (κ3) is 9.23. The fraction of sp³-hybridized carbons (Fsp3) is 0.600. The van der Waals surface area contributed by atoms with Crippen LogP contribution in [-0.2, 0) is 16.0 Å². The number of carboxylic acids is 1. The number of alkyl halides is 1. The second-order valence-corrected chi connectivity index (χ2v) is 7.92. The molecule has 164 valence electrons. The number of aliphatic hydroxyl groups is 1. The van der Waals surface area contributed by atoms with E-state index < -0.39 is 23.7 Å². The molecule has 0 saturated carbocycles. The van der Waals surface area contributed by atoms with Gasteiger partial charge in [-0.1, -0.05) is 0 Å². The SMILES string of the molecule is COc1ccc(N(CCO)CCCl)cc1CC(CC(=O)O)NC(=O)OC(C)(C)C. The number of ether oxygens (including phenoxy) is 2. The maximum Gasteiger partial charge on any atom is 0.407 e. The lowest BCUT2D eigenvalue weighted by molar-refractivity contribution is -0.137. The molecule has 8 nitrogen and oxygen atoms in total. The van der Waals surface area contributed by atoms with Crippen molar-refractivity contribution in [3.63, 3.8) is 0 Å². The summed E-state index contributed by atoms with van der Waals surface area (Å²) in [6, 6.07) is 4.78. The quantitative estimate of drug-likeness (QED) is 0.463. The van der Waals surface area contributed by atoms with Crippen molar-refractivity contribution in [3.05, 3.63) is 23.8 Å². The molecule has 0 fully saturated rings. The Morgan fingerprint density at radius 1 is 1.28 bits per heavy atom. The van der Waals surface area contributed by atoms with E-state index in [0.717, 1.165) is 11.3 Å². The van der Waals surface area contributed by atoms with Crippen LogP contribution in [0.4, 0.5) is 10.5 Å². The minimum Gasteiger partial charge on any atom is -0.496 e. The Kier molecular flexibility index (Phi) is 10.0. The van der Waals surface area contributed by atoms with Gasteiger partial charge in [0.25, 0.3) is 0 Å². The van der Waals surface area contributed by atoms with Gasteiger partial charge in [-0.2, -0.15) is 0 Å². The van der Waals surface area contributed by atoms with Gasteiger partial charge < -0.3 is 29.9 Å². The van der Waals surface area contributed by atoms with Crippen molar-refractivity contribution in [1.29, 1.82) is 0 Å². The number of methoxy groups -OCH3 is 1.